The molecule has 0 aliphatic carbocycles. The molecule has 1 amide bonds. The largest absolute Gasteiger partial charge is 0.335 e. The molecule has 200 valence electrons. The van der Waals surface area contributed by atoms with E-state index in [-0.39, 0.29) is 5.91 Å². The summed E-state index contributed by atoms with van der Waals surface area (Å²) in [6, 6.07) is 9.97. The zero-order chi connectivity index (χ0) is 27.1. The molecule has 40 heavy (non-hydrogen) atoms. The van der Waals surface area contributed by atoms with Crippen LogP contribution in [0.2, 0.25) is 0 Å². The topological polar surface area (TPSA) is 137 Å². The average molecular weight is 550 g/mol. The second-order valence-electron chi connectivity index (χ2n) is 10.2. The number of pyridine rings is 3. The van der Waals surface area contributed by atoms with Crippen molar-refractivity contribution in [3.05, 3.63) is 60.0 Å². The van der Waals surface area contributed by atoms with Crippen molar-refractivity contribution in [1.82, 2.24) is 40.4 Å². The van der Waals surface area contributed by atoms with E-state index in [9.17, 15) is 4.79 Å². The molecule has 0 bridgehead atoms. The molecule has 7 rings (SSSR count). The number of amides is 1. The molecule has 0 unspecified atom stereocenters. The lowest BCUT2D eigenvalue weighted by atomic mass is 9.94. The van der Waals surface area contributed by atoms with Crippen LogP contribution in [0, 0.1) is 12.8 Å². The Morgan fingerprint density at radius 1 is 1.00 bits per heavy atom. The number of carbonyl (C=O) groups is 1. The summed E-state index contributed by atoms with van der Waals surface area (Å²) in [4.78, 5) is 37.0. The maximum Gasteiger partial charge on any atom is 0.224 e. The summed E-state index contributed by atoms with van der Waals surface area (Å²) in [6.07, 6.45) is 9.62. The fourth-order valence-corrected chi connectivity index (χ4v) is 6.12. The number of rotatable bonds is 6. The standard InChI is InChI=1S/C29H27N9OS/c1-16-2-5-24(40-16)20-14-32-15-23-26(20)36-29(35-23)28-27-22(37-38-28)4-3-21(34-27)18-11-19(13-31-12-18)33-25(39)10-17-6-8-30-9-7-17/h2-5,11-15,17,30H,6-10H2,1H3,(H,33,39)(H,35,36)(H,37,38). The highest BCUT2D eigenvalue weighted by atomic mass is 32.1. The molecule has 7 heterocycles. The third-order valence-electron chi connectivity index (χ3n) is 7.28. The molecule has 0 saturated carbocycles. The number of imidazole rings is 1. The van der Waals surface area contributed by atoms with Gasteiger partial charge in [0, 0.05) is 39.7 Å². The van der Waals surface area contributed by atoms with Crippen molar-refractivity contribution in [2.45, 2.75) is 26.2 Å². The molecule has 4 N–H and O–H groups in total. The molecular formula is C29H27N9OS. The van der Waals surface area contributed by atoms with Crippen LogP contribution >= 0.6 is 11.3 Å². The Hall–Kier alpha value is -4.48. The maximum atomic E-state index is 12.7. The first-order valence-electron chi connectivity index (χ1n) is 13.3. The zero-order valence-corrected chi connectivity index (χ0v) is 22.7. The van der Waals surface area contributed by atoms with E-state index in [4.69, 9.17) is 9.97 Å². The van der Waals surface area contributed by atoms with Gasteiger partial charge in [0.15, 0.2) is 11.5 Å². The molecule has 1 fully saturated rings. The lowest BCUT2D eigenvalue weighted by molar-refractivity contribution is -0.117. The Morgan fingerprint density at radius 2 is 1.88 bits per heavy atom. The summed E-state index contributed by atoms with van der Waals surface area (Å²) in [6.45, 7) is 4.03. The van der Waals surface area contributed by atoms with Crippen LogP contribution in [0.15, 0.2) is 55.1 Å². The first-order chi connectivity index (χ1) is 19.6. The van der Waals surface area contributed by atoms with E-state index >= 15 is 0 Å². The monoisotopic (exact) mass is 549 g/mol. The number of aromatic amines is 2. The molecule has 6 aromatic rings. The number of aryl methyl sites for hydroxylation is 1. The van der Waals surface area contributed by atoms with E-state index in [1.807, 2.05) is 24.4 Å². The van der Waals surface area contributed by atoms with Gasteiger partial charge in [0.05, 0.1) is 34.8 Å². The average Bonchev–Trinajstić information content (AvgIpc) is 3.71. The first-order valence-corrected chi connectivity index (χ1v) is 14.1. The van der Waals surface area contributed by atoms with Crippen LogP contribution in [0.4, 0.5) is 5.69 Å². The first kappa shape index (κ1) is 24.6. The second kappa shape index (κ2) is 10.2. The van der Waals surface area contributed by atoms with E-state index in [1.165, 1.54) is 4.88 Å². The van der Waals surface area contributed by atoms with Crippen molar-refractivity contribution in [3.63, 3.8) is 0 Å². The summed E-state index contributed by atoms with van der Waals surface area (Å²) < 4.78 is 0. The third kappa shape index (κ3) is 4.74. The van der Waals surface area contributed by atoms with E-state index in [1.54, 1.807) is 29.9 Å². The number of H-pyrrole nitrogens is 2. The van der Waals surface area contributed by atoms with Crippen molar-refractivity contribution < 1.29 is 4.79 Å². The van der Waals surface area contributed by atoms with Crippen LogP contribution in [0.3, 0.4) is 0 Å². The highest BCUT2D eigenvalue weighted by Gasteiger charge is 2.19. The molecule has 6 aromatic heterocycles. The van der Waals surface area contributed by atoms with Gasteiger partial charge in [0.2, 0.25) is 5.91 Å². The van der Waals surface area contributed by atoms with Crippen LogP contribution in [0.1, 0.15) is 24.1 Å². The molecular weight excluding hydrogens is 522 g/mol. The van der Waals surface area contributed by atoms with Crippen LogP contribution in [-0.4, -0.2) is 54.1 Å². The normalized spacial score (nSPS) is 14.2. The van der Waals surface area contributed by atoms with E-state index < -0.39 is 0 Å². The van der Waals surface area contributed by atoms with Gasteiger partial charge in [-0.05, 0) is 69.1 Å². The molecule has 0 atom stereocenters. The number of anilines is 1. The van der Waals surface area contributed by atoms with Crippen molar-refractivity contribution >= 4 is 45.0 Å². The van der Waals surface area contributed by atoms with Crippen molar-refractivity contribution in [1.29, 1.82) is 0 Å². The Bertz CT molecular complexity index is 1850. The summed E-state index contributed by atoms with van der Waals surface area (Å²) >= 11 is 1.71. The zero-order valence-electron chi connectivity index (χ0n) is 21.9. The van der Waals surface area contributed by atoms with Crippen molar-refractivity contribution in [2.24, 2.45) is 5.92 Å². The van der Waals surface area contributed by atoms with E-state index in [2.05, 4.69) is 54.8 Å². The van der Waals surface area contributed by atoms with E-state index in [0.29, 0.717) is 35.1 Å². The van der Waals surface area contributed by atoms with E-state index in [0.717, 1.165) is 64.2 Å². The highest BCUT2D eigenvalue weighted by Crippen LogP contribution is 2.34. The van der Waals surface area contributed by atoms with Gasteiger partial charge in [-0.3, -0.25) is 19.9 Å². The summed E-state index contributed by atoms with van der Waals surface area (Å²) in [5.74, 6) is 1.05. The smallest absolute Gasteiger partial charge is 0.224 e. The van der Waals surface area contributed by atoms with Crippen LogP contribution < -0.4 is 10.6 Å². The number of hydrogen-bond donors (Lipinski definition) is 4. The number of fused-ring (bicyclic) bond motifs is 2. The van der Waals surface area contributed by atoms with Gasteiger partial charge in [-0.25, -0.2) is 9.97 Å². The Labute approximate surface area is 233 Å². The lowest BCUT2D eigenvalue weighted by Gasteiger charge is -2.21. The number of hydrogen-bond acceptors (Lipinski definition) is 8. The van der Waals surface area contributed by atoms with Crippen LogP contribution in [0.5, 0.6) is 0 Å². The Morgan fingerprint density at radius 3 is 2.73 bits per heavy atom. The molecule has 1 aliphatic heterocycles. The number of carbonyl (C=O) groups excluding carboxylic acids is 1. The molecule has 0 spiro atoms. The molecule has 1 saturated heterocycles. The van der Waals surface area contributed by atoms with Crippen molar-refractivity contribution in [2.75, 3.05) is 18.4 Å². The molecule has 10 nitrogen and oxygen atoms in total. The number of aromatic nitrogens is 7. The SMILES string of the molecule is Cc1ccc(-c2cncc3[nH]c(-c4n[nH]c5ccc(-c6cncc(NC(=O)CC7CCNCC7)c6)nc45)nc23)s1. The van der Waals surface area contributed by atoms with Crippen molar-refractivity contribution in [3.8, 4) is 33.2 Å². The van der Waals surface area contributed by atoms with Gasteiger partial charge in [-0.15, -0.1) is 11.3 Å². The number of nitrogens with zero attached hydrogens (tertiary/aromatic N) is 5. The molecule has 1 aliphatic rings. The predicted octanol–water partition coefficient (Wildman–Crippen LogP) is 5.32. The fraction of sp³-hybridized carbons (Fsp3) is 0.241. The number of nitrogens with one attached hydrogen (secondary N) is 4. The number of thiophene rings is 1. The van der Waals surface area contributed by atoms with Gasteiger partial charge < -0.3 is 15.6 Å². The van der Waals surface area contributed by atoms with Gasteiger partial charge in [0.25, 0.3) is 0 Å². The minimum Gasteiger partial charge on any atom is -0.335 e. The fourth-order valence-electron chi connectivity index (χ4n) is 5.24. The minimum atomic E-state index is 0.0165. The number of piperidine rings is 1. The van der Waals surface area contributed by atoms with Crippen LogP contribution in [-0.2, 0) is 4.79 Å². The lowest BCUT2D eigenvalue weighted by Crippen LogP contribution is -2.30. The Balaban J connectivity index is 1.19. The second-order valence-corrected chi connectivity index (χ2v) is 11.4. The summed E-state index contributed by atoms with van der Waals surface area (Å²) in [5.41, 5.74) is 6.97. The van der Waals surface area contributed by atoms with Gasteiger partial charge >= 0.3 is 0 Å². The quantitative estimate of drug-likeness (QED) is 0.221. The molecule has 11 heteroatoms. The molecule has 0 radical (unpaired) electrons. The molecule has 0 aromatic carbocycles. The predicted molar refractivity (Wildman–Crippen MR) is 157 cm³/mol. The summed E-state index contributed by atoms with van der Waals surface area (Å²) in [7, 11) is 0. The van der Waals surface area contributed by atoms with Gasteiger partial charge in [0.1, 0.15) is 11.0 Å². The van der Waals surface area contributed by atoms with Crippen LogP contribution in [0.25, 0.3) is 55.3 Å². The maximum absolute atomic E-state index is 12.7. The van der Waals surface area contributed by atoms with Gasteiger partial charge in [-0.1, -0.05) is 0 Å². The third-order valence-corrected chi connectivity index (χ3v) is 8.32. The summed E-state index contributed by atoms with van der Waals surface area (Å²) in [5, 5.41) is 14.0. The minimum absolute atomic E-state index is 0.0165. The Kier molecular flexibility index (Phi) is 6.29. The highest BCUT2D eigenvalue weighted by molar-refractivity contribution is 7.15. The van der Waals surface area contributed by atoms with Gasteiger partial charge in [-0.2, -0.15) is 5.10 Å².